The topological polar surface area (TPSA) is 93.7 Å². The van der Waals surface area contributed by atoms with Gasteiger partial charge >= 0.3 is 11.9 Å². The summed E-state index contributed by atoms with van der Waals surface area (Å²) in [4.78, 5) is 35.3. The molecule has 7 nitrogen and oxygen atoms in total. The predicted octanol–water partition coefficient (Wildman–Crippen LogP) is 1.32. The molecular formula is C15H15FN2O5. The Labute approximate surface area is 131 Å². The molecule has 1 aliphatic rings. The van der Waals surface area contributed by atoms with Crippen LogP contribution in [0.2, 0.25) is 0 Å². The van der Waals surface area contributed by atoms with Gasteiger partial charge in [0.2, 0.25) is 0 Å². The van der Waals surface area contributed by atoms with Crippen LogP contribution in [0, 0.1) is 5.82 Å². The smallest absolute Gasteiger partial charge is 0.350 e. The van der Waals surface area contributed by atoms with Crippen LogP contribution in [0.3, 0.4) is 0 Å². The van der Waals surface area contributed by atoms with Gasteiger partial charge in [0.05, 0.1) is 11.3 Å². The van der Waals surface area contributed by atoms with Gasteiger partial charge in [0.1, 0.15) is 5.82 Å². The van der Waals surface area contributed by atoms with E-state index in [4.69, 9.17) is 9.47 Å². The Hall–Kier alpha value is -2.90. The number of cyclic esters (lactones) is 2. The van der Waals surface area contributed by atoms with E-state index < -0.39 is 29.5 Å². The van der Waals surface area contributed by atoms with Crippen molar-refractivity contribution in [1.29, 1.82) is 0 Å². The molecular weight excluding hydrogens is 307 g/mol. The van der Waals surface area contributed by atoms with Crippen molar-refractivity contribution in [2.75, 3.05) is 12.4 Å². The number of halogens is 1. The number of nitrogens with one attached hydrogen (secondary N) is 2. The molecule has 0 atom stereocenters. The lowest BCUT2D eigenvalue weighted by Gasteiger charge is -2.29. The molecule has 1 fully saturated rings. The number of esters is 2. The molecule has 0 aromatic heterocycles. The van der Waals surface area contributed by atoms with Crippen LogP contribution in [-0.2, 0) is 19.1 Å². The van der Waals surface area contributed by atoms with Crippen molar-refractivity contribution in [2.24, 2.45) is 0 Å². The van der Waals surface area contributed by atoms with Crippen molar-refractivity contribution in [1.82, 2.24) is 5.32 Å². The van der Waals surface area contributed by atoms with Crippen molar-refractivity contribution in [3.05, 3.63) is 41.4 Å². The molecule has 0 unspecified atom stereocenters. The van der Waals surface area contributed by atoms with E-state index in [0.29, 0.717) is 0 Å². The summed E-state index contributed by atoms with van der Waals surface area (Å²) in [6.45, 7) is 2.85. The summed E-state index contributed by atoms with van der Waals surface area (Å²) in [6, 6.07) is 3.47. The Morgan fingerprint density at radius 2 is 1.83 bits per heavy atom. The van der Waals surface area contributed by atoms with Gasteiger partial charge in [0.15, 0.2) is 5.57 Å². The van der Waals surface area contributed by atoms with Crippen LogP contribution in [0.25, 0.3) is 0 Å². The number of amides is 1. The second kappa shape index (κ2) is 6.07. The first-order valence-corrected chi connectivity index (χ1v) is 6.68. The van der Waals surface area contributed by atoms with Gasteiger partial charge in [0.25, 0.3) is 11.7 Å². The van der Waals surface area contributed by atoms with Crippen LogP contribution in [-0.4, -0.2) is 30.7 Å². The van der Waals surface area contributed by atoms with Gasteiger partial charge in [0, 0.05) is 27.1 Å². The average molecular weight is 322 g/mol. The maximum atomic E-state index is 13.3. The molecule has 1 aliphatic heterocycles. The highest BCUT2D eigenvalue weighted by Gasteiger charge is 2.39. The third kappa shape index (κ3) is 3.65. The highest BCUT2D eigenvalue weighted by molar-refractivity contribution is 6.15. The van der Waals surface area contributed by atoms with E-state index >= 15 is 0 Å². The maximum Gasteiger partial charge on any atom is 0.350 e. The van der Waals surface area contributed by atoms with Gasteiger partial charge < -0.3 is 20.1 Å². The van der Waals surface area contributed by atoms with E-state index in [2.05, 4.69) is 10.6 Å². The molecule has 2 N–H and O–H groups in total. The second-order valence-electron chi connectivity index (χ2n) is 5.15. The predicted molar refractivity (Wildman–Crippen MR) is 77.8 cm³/mol. The third-order valence-corrected chi connectivity index (χ3v) is 2.94. The monoisotopic (exact) mass is 322 g/mol. The molecule has 0 spiro atoms. The SMILES string of the molecule is CNC(=O)c1cc(F)ccc1NC=C1C(=O)OC(C)(C)OC1=O. The largest absolute Gasteiger partial charge is 0.419 e. The van der Waals surface area contributed by atoms with E-state index in [9.17, 15) is 18.8 Å². The van der Waals surface area contributed by atoms with Crippen molar-refractivity contribution in [2.45, 2.75) is 19.6 Å². The number of rotatable bonds is 3. The van der Waals surface area contributed by atoms with Gasteiger partial charge in [-0.05, 0) is 18.2 Å². The van der Waals surface area contributed by atoms with Gasteiger partial charge in [-0.2, -0.15) is 0 Å². The molecule has 2 rings (SSSR count). The molecule has 1 aromatic carbocycles. The number of ether oxygens (including phenoxy) is 2. The minimum Gasteiger partial charge on any atom is -0.419 e. The summed E-state index contributed by atoms with van der Waals surface area (Å²) >= 11 is 0. The number of carbonyl (C=O) groups is 3. The van der Waals surface area contributed by atoms with Crippen LogP contribution in [0.1, 0.15) is 24.2 Å². The molecule has 8 heteroatoms. The average Bonchev–Trinajstić information content (AvgIpc) is 2.45. The Kier molecular flexibility index (Phi) is 4.35. The summed E-state index contributed by atoms with van der Waals surface area (Å²) in [6.07, 6.45) is 1.06. The van der Waals surface area contributed by atoms with E-state index in [1.54, 1.807) is 0 Å². The first-order valence-electron chi connectivity index (χ1n) is 6.68. The third-order valence-electron chi connectivity index (χ3n) is 2.94. The zero-order valence-electron chi connectivity index (χ0n) is 12.7. The molecule has 122 valence electrons. The molecule has 1 saturated heterocycles. The lowest BCUT2D eigenvalue weighted by molar-refractivity contribution is -0.222. The van der Waals surface area contributed by atoms with Crippen molar-refractivity contribution < 1.29 is 28.2 Å². The quantitative estimate of drug-likeness (QED) is 0.495. The fraction of sp³-hybridized carbons (Fsp3) is 0.267. The van der Waals surface area contributed by atoms with Gasteiger partial charge in [-0.25, -0.2) is 14.0 Å². The van der Waals surface area contributed by atoms with E-state index in [-0.39, 0.29) is 16.8 Å². The van der Waals surface area contributed by atoms with Crippen molar-refractivity contribution in [3.8, 4) is 0 Å². The lowest BCUT2D eigenvalue weighted by atomic mass is 10.1. The highest BCUT2D eigenvalue weighted by atomic mass is 19.1. The van der Waals surface area contributed by atoms with Crippen LogP contribution in [0.4, 0.5) is 10.1 Å². The standard InChI is InChI=1S/C15H15FN2O5/c1-15(2)22-13(20)10(14(21)23-15)7-18-11-5-4-8(16)6-9(11)12(19)17-3/h4-7,18H,1-3H3,(H,17,19). The van der Waals surface area contributed by atoms with Crippen LogP contribution in [0.15, 0.2) is 30.0 Å². The summed E-state index contributed by atoms with van der Waals surface area (Å²) in [7, 11) is 1.40. The van der Waals surface area contributed by atoms with Gasteiger partial charge in [-0.1, -0.05) is 0 Å². The number of benzene rings is 1. The van der Waals surface area contributed by atoms with E-state index in [1.807, 2.05) is 0 Å². The second-order valence-corrected chi connectivity index (χ2v) is 5.15. The Morgan fingerprint density at radius 3 is 2.39 bits per heavy atom. The lowest BCUT2D eigenvalue weighted by Crippen LogP contribution is -2.42. The first-order chi connectivity index (χ1) is 10.7. The van der Waals surface area contributed by atoms with Crippen LogP contribution >= 0.6 is 0 Å². The first kappa shape index (κ1) is 16.5. The number of hydrogen-bond donors (Lipinski definition) is 2. The Morgan fingerprint density at radius 1 is 1.22 bits per heavy atom. The molecule has 0 bridgehead atoms. The fourth-order valence-corrected chi connectivity index (χ4v) is 1.89. The summed E-state index contributed by atoms with van der Waals surface area (Å²) in [5.41, 5.74) is -0.137. The molecule has 1 amide bonds. The minimum absolute atomic E-state index is 0.0159. The minimum atomic E-state index is -1.34. The molecule has 1 heterocycles. The molecule has 1 aromatic rings. The Balaban J connectivity index is 2.28. The van der Waals surface area contributed by atoms with Gasteiger partial charge in [-0.15, -0.1) is 0 Å². The van der Waals surface area contributed by atoms with Crippen LogP contribution < -0.4 is 10.6 Å². The zero-order chi connectivity index (χ0) is 17.2. The zero-order valence-corrected chi connectivity index (χ0v) is 12.7. The number of hydrogen-bond acceptors (Lipinski definition) is 6. The number of anilines is 1. The summed E-state index contributed by atoms with van der Waals surface area (Å²) in [5, 5.41) is 4.99. The maximum absolute atomic E-state index is 13.3. The van der Waals surface area contributed by atoms with E-state index in [1.165, 1.54) is 27.0 Å². The van der Waals surface area contributed by atoms with Crippen molar-refractivity contribution >= 4 is 23.5 Å². The normalized spacial score (nSPS) is 16.3. The van der Waals surface area contributed by atoms with Crippen LogP contribution in [0.5, 0.6) is 0 Å². The van der Waals surface area contributed by atoms with Gasteiger partial charge in [-0.3, -0.25) is 4.79 Å². The highest BCUT2D eigenvalue weighted by Crippen LogP contribution is 2.23. The molecule has 0 aliphatic carbocycles. The number of carbonyl (C=O) groups excluding carboxylic acids is 3. The van der Waals surface area contributed by atoms with E-state index in [0.717, 1.165) is 18.3 Å². The van der Waals surface area contributed by atoms with Crippen molar-refractivity contribution in [3.63, 3.8) is 0 Å². The fourth-order valence-electron chi connectivity index (χ4n) is 1.89. The molecule has 0 saturated carbocycles. The summed E-state index contributed by atoms with van der Waals surface area (Å²) in [5.74, 6) is -4.18. The molecule has 23 heavy (non-hydrogen) atoms. The molecule has 0 radical (unpaired) electrons. The Bertz CT molecular complexity index is 690. The summed E-state index contributed by atoms with van der Waals surface area (Å²) < 4.78 is 23.1.